The number of aliphatic hydroxyl groups excluding tert-OH is 1. The average Bonchev–Trinajstić information content (AvgIpc) is 2.70. The van der Waals surface area contributed by atoms with Crippen LogP contribution in [0.3, 0.4) is 0 Å². The van der Waals surface area contributed by atoms with Gasteiger partial charge in [0.05, 0.1) is 6.42 Å². The number of ether oxygens (including phenoxy) is 1. The van der Waals surface area contributed by atoms with E-state index in [-0.39, 0.29) is 31.5 Å². The van der Waals surface area contributed by atoms with Crippen LogP contribution in [0.15, 0.2) is 24.3 Å². The molecule has 2 atom stereocenters. The number of benzene rings is 1. The number of aliphatic hydroxyl groups is 1. The lowest BCUT2D eigenvalue weighted by Crippen LogP contribution is -2.42. The third kappa shape index (κ3) is 8.66. The van der Waals surface area contributed by atoms with Crippen LogP contribution in [0.1, 0.15) is 32.3 Å². The van der Waals surface area contributed by atoms with Crippen LogP contribution < -0.4 is 10.1 Å². The molecule has 2 N–H and O–H groups in total. The van der Waals surface area contributed by atoms with Gasteiger partial charge in [-0.05, 0) is 30.5 Å². The van der Waals surface area contributed by atoms with Crippen LogP contribution in [0.4, 0.5) is 0 Å². The van der Waals surface area contributed by atoms with Crippen molar-refractivity contribution in [1.82, 2.24) is 10.2 Å². The Morgan fingerprint density at radius 2 is 2.10 bits per heavy atom. The summed E-state index contributed by atoms with van der Waals surface area (Å²) in [4.78, 5) is 29.1. The average molecular weight is 409 g/mol. The third-order valence-electron chi connectivity index (χ3n) is 4.77. The van der Waals surface area contributed by atoms with Crippen LogP contribution in [0.25, 0.3) is 0 Å². The summed E-state index contributed by atoms with van der Waals surface area (Å²) in [5.41, 5.74) is 0.869. The van der Waals surface area contributed by atoms with Crippen LogP contribution in [-0.4, -0.2) is 66.0 Å². The summed E-state index contributed by atoms with van der Waals surface area (Å²) in [7, 11) is 0. The molecule has 2 rings (SSSR count). The molecule has 1 aliphatic rings. The van der Waals surface area contributed by atoms with Crippen molar-refractivity contribution in [2.24, 2.45) is 5.92 Å². The number of piperidine rings is 1. The van der Waals surface area contributed by atoms with E-state index in [0.29, 0.717) is 31.4 Å². The maximum absolute atomic E-state index is 12.6. The summed E-state index contributed by atoms with van der Waals surface area (Å²) in [6.45, 7) is 5.86. The SMILES string of the molecule is CC(C)NCC(O)COc1ccc(CC(=O)N2CCCC(CO[N+](=O)[O-])C2)cc1. The number of nitrogens with one attached hydrogen (secondary N) is 1. The maximum Gasteiger partial charge on any atom is 0.294 e. The summed E-state index contributed by atoms with van der Waals surface area (Å²) < 4.78 is 5.58. The van der Waals surface area contributed by atoms with E-state index in [1.165, 1.54) is 0 Å². The number of hydrogen-bond acceptors (Lipinski definition) is 7. The molecule has 0 aromatic heterocycles. The fraction of sp³-hybridized carbons (Fsp3) is 0.650. The minimum absolute atomic E-state index is 0.000321. The second kappa shape index (κ2) is 11.6. The molecule has 9 nitrogen and oxygen atoms in total. The lowest BCUT2D eigenvalue weighted by Gasteiger charge is -2.32. The number of carbonyl (C=O) groups is 1. The molecule has 1 aromatic rings. The van der Waals surface area contributed by atoms with Crippen molar-refractivity contribution in [3.05, 3.63) is 39.9 Å². The number of amides is 1. The van der Waals surface area contributed by atoms with Gasteiger partial charge in [0.25, 0.3) is 5.09 Å². The van der Waals surface area contributed by atoms with E-state index in [1.54, 1.807) is 17.0 Å². The topological polar surface area (TPSA) is 114 Å². The van der Waals surface area contributed by atoms with Gasteiger partial charge in [0, 0.05) is 31.6 Å². The number of hydrogen-bond donors (Lipinski definition) is 2. The van der Waals surface area contributed by atoms with Crippen LogP contribution >= 0.6 is 0 Å². The molecule has 1 aromatic carbocycles. The predicted octanol–water partition coefficient (Wildman–Crippen LogP) is 1.41. The van der Waals surface area contributed by atoms with Gasteiger partial charge < -0.3 is 24.9 Å². The molecule has 0 radical (unpaired) electrons. The van der Waals surface area contributed by atoms with Gasteiger partial charge in [-0.1, -0.05) is 26.0 Å². The zero-order chi connectivity index (χ0) is 21.2. The van der Waals surface area contributed by atoms with E-state index in [4.69, 9.17) is 4.74 Å². The Kier molecular flexibility index (Phi) is 9.14. The van der Waals surface area contributed by atoms with Crippen LogP contribution in [-0.2, 0) is 16.1 Å². The molecule has 162 valence electrons. The van der Waals surface area contributed by atoms with Gasteiger partial charge >= 0.3 is 0 Å². The second-order valence-corrected chi connectivity index (χ2v) is 7.72. The Balaban J connectivity index is 1.76. The van der Waals surface area contributed by atoms with Gasteiger partial charge in [-0.25, -0.2) is 0 Å². The molecule has 1 aliphatic heterocycles. The van der Waals surface area contributed by atoms with E-state index >= 15 is 0 Å². The van der Waals surface area contributed by atoms with E-state index in [1.807, 2.05) is 26.0 Å². The van der Waals surface area contributed by atoms with Crippen LogP contribution in [0.2, 0.25) is 0 Å². The fourth-order valence-electron chi connectivity index (χ4n) is 3.21. The summed E-state index contributed by atoms with van der Waals surface area (Å²) in [5.74, 6) is 0.630. The molecule has 9 heteroatoms. The first kappa shape index (κ1) is 22.9. The van der Waals surface area contributed by atoms with Crippen molar-refractivity contribution >= 4 is 5.91 Å². The van der Waals surface area contributed by atoms with Crippen molar-refractivity contribution in [1.29, 1.82) is 0 Å². The first-order valence-corrected chi connectivity index (χ1v) is 10.0. The van der Waals surface area contributed by atoms with Gasteiger partial charge in [-0.2, -0.15) is 0 Å². The Hall–Kier alpha value is -2.39. The molecule has 0 spiro atoms. The maximum atomic E-state index is 12.6. The van der Waals surface area contributed by atoms with E-state index < -0.39 is 11.2 Å². The minimum atomic E-state index is -0.787. The molecule has 1 heterocycles. The molecule has 1 saturated heterocycles. The smallest absolute Gasteiger partial charge is 0.294 e. The second-order valence-electron chi connectivity index (χ2n) is 7.72. The fourth-order valence-corrected chi connectivity index (χ4v) is 3.21. The van der Waals surface area contributed by atoms with Crippen molar-refractivity contribution in [2.45, 2.75) is 45.3 Å². The number of rotatable bonds is 11. The quantitative estimate of drug-likeness (QED) is 0.419. The number of carbonyl (C=O) groups excluding carboxylic acids is 1. The molecule has 0 aliphatic carbocycles. The summed E-state index contributed by atoms with van der Waals surface area (Å²) in [6, 6.07) is 7.55. The monoisotopic (exact) mass is 409 g/mol. The number of likely N-dealkylation sites (tertiary alicyclic amines) is 1. The lowest BCUT2D eigenvalue weighted by molar-refractivity contribution is -0.759. The number of nitrogens with zero attached hydrogens (tertiary/aromatic N) is 2. The Labute approximate surface area is 171 Å². The van der Waals surface area contributed by atoms with Crippen molar-refractivity contribution in [3.8, 4) is 5.75 Å². The molecule has 0 bridgehead atoms. The van der Waals surface area contributed by atoms with E-state index in [0.717, 1.165) is 18.4 Å². The zero-order valence-electron chi connectivity index (χ0n) is 17.1. The Morgan fingerprint density at radius 3 is 2.76 bits per heavy atom. The molecule has 1 amide bonds. The lowest BCUT2D eigenvalue weighted by atomic mass is 9.98. The van der Waals surface area contributed by atoms with Gasteiger partial charge in [-0.3, -0.25) is 4.79 Å². The minimum Gasteiger partial charge on any atom is -0.491 e. The molecule has 29 heavy (non-hydrogen) atoms. The van der Waals surface area contributed by atoms with Gasteiger partial charge in [0.1, 0.15) is 25.1 Å². The highest BCUT2D eigenvalue weighted by atomic mass is 16.9. The summed E-state index contributed by atoms with van der Waals surface area (Å²) in [5, 5.41) is 22.6. The normalized spacial score (nSPS) is 17.8. The van der Waals surface area contributed by atoms with E-state index in [9.17, 15) is 20.0 Å². The van der Waals surface area contributed by atoms with Gasteiger partial charge in [0.15, 0.2) is 0 Å². The molecule has 0 saturated carbocycles. The first-order valence-electron chi connectivity index (χ1n) is 10.0. The molecular weight excluding hydrogens is 378 g/mol. The van der Waals surface area contributed by atoms with Crippen LogP contribution in [0.5, 0.6) is 5.75 Å². The van der Waals surface area contributed by atoms with Gasteiger partial charge in [0.2, 0.25) is 5.91 Å². The molecular formula is C20H31N3O6. The highest BCUT2D eigenvalue weighted by Gasteiger charge is 2.24. The summed E-state index contributed by atoms with van der Waals surface area (Å²) >= 11 is 0. The molecule has 1 fully saturated rings. The first-order chi connectivity index (χ1) is 13.8. The third-order valence-corrected chi connectivity index (χ3v) is 4.77. The predicted molar refractivity (Wildman–Crippen MR) is 107 cm³/mol. The summed E-state index contributed by atoms with van der Waals surface area (Å²) in [6.07, 6.45) is 1.31. The Bertz CT molecular complexity index is 652. The van der Waals surface area contributed by atoms with Gasteiger partial charge in [-0.15, -0.1) is 10.1 Å². The Morgan fingerprint density at radius 1 is 1.38 bits per heavy atom. The van der Waals surface area contributed by atoms with Crippen molar-refractivity contribution in [2.75, 3.05) is 32.8 Å². The van der Waals surface area contributed by atoms with Crippen molar-refractivity contribution < 1.29 is 24.6 Å². The van der Waals surface area contributed by atoms with Crippen molar-refractivity contribution in [3.63, 3.8) is 0 Å². The standard InChI is InChI=1S/C20H31N3O6/c1-15(2)21-11-18(24)14-28-19-7-5-16(6-8-19)10-20(25)22-9-3-4-17(12-22)13-29-23(26)27/h5-8,15,17-18,21,24H,3-4,9-14H2,1-2H3. The highest BCUT2D eigenvalue weighted by Crippen LogP contribution is 2.19. The highest BCUT2D eigenvalue weighted by molar-refractivity contribution is 5.78. The zero-order valence-corrected chi connectivity index (χ0v) is 17.1. The van der Waals surface area contributed by atoms with E-state index in [2.05, 4.69) is 10.2 Å². The molecule has 2 unspecified atom stereocenters. The van der Waals surface area contributed by atoms with Crippen LogP contribution in [0, 0.1) is 16.0 Å². The largest absolute Gasteiger partial charge is 0.491 e.